The molecule has 0 atom stereocenters. The summed E-state index contributed by atoms with van der Waals surface area (Å²) in [5, 5.41) is 40.5. The van der Waals surface area contributed by atoms with Crippen LogP contribution in [0.15, 0.2) is 23.3 Å². The molecule has 0 spiro atoms. The summed E-state index contributed by atoms with van der Waals surface area (Å²) < 4.78 is 6.50. The number of aliphatic carboxylic acids is 4. The molecular formula is C32H56O8Sn2. The summed E-state index contributed by atoms with van der Waals surface area (Å²) in [6.07, 6.45) is 16.1. The zero-order chi connectivity index (χ0) is 33.0. The second-order valence-electron chi connectivity index (χ2n) is 9.67. The first-order chi connectivity index (χ1) is 20.0. The third kappa shape index (κ3) is 45.9. The van der Waals surface area contributed by atoms with E-state index in [2.05, 4.69) is 27.7 Å². The van der Waals surface area contributed by atoms with Gasteiger partial charge in [-0.3, -0.25) is 0 Å². The van der Waals surface area contributed by atoms with E-state index in [1.54, 1.807) is 17.7 Å². The molecule has 0 fully saturated rings. The minimum absolute atomic E-state index is 0.149. The fourth-order valence-electron chi connectivity index (χ4n) is 2.94. The molecule has 0 heterocycles. The molecule has 0 saturated carbocycles. The second-order valence-corrected chi connectivity index (χ2v) is 18.2. The number of carbonyl (C=O) groups excluding carboxylic acids is 4. The van der Waals surface area contributed by atoms with E-state index in [-0.39, 0.29) is 66.3 Å². The van der Waals surface area contributed by atoms with Crippen molar-refractivity contribution in [2.24, 2.45) is 0 Å². The molecule has 0 aromatic rings. The van der Waals surface area contributed by atoms with Gasteiger partial charge in [0.25, 0.3) is 0 Å². The van der Waals surface area contributed by atoms with Crippen molar-refractivity contribution < 1.29 is 39.6 Å². The second kappa shape index (κ2) is 40.0. The molecule has 0 N–H and O–H groups in total. The van der Waals surface area contributed by atoms with Gasteiger partial charge in [-0.15, -0.1) is 0 Å². The van der Waals surface area contributed by atoms with Gasteiger partial charge in [0.2, 0.25) is 0 Å². The third-order valence-corrected chi connectivity index (χ3v) is 13.6. The number of unbranched alkanes of at least 4 members (excludes halogenated alkanes) is 6. The Bertz CT molecular complexity index is 649. The van der Waals surface area contributed by atoms with Crippen LogP contribution < -0.4 is 20.4 Å². The summed E-state index contributed by atoms with van der Waals surface area (Å²) in [5.74, 6) is -5.86. The van der Waals surface area contributed by atoms with Crippen molar-refractivity contribution in [3.63, 3.8) is 0 Å². The summed E-state index contributed by atoms with van der Waals surface area (Å²) in [6.45, 7) is 12.9. The van der Waals surface area contributed by atoms with Crippen LogP contribution in [0.25, 0.3) is 0 Å². The fourth-order valence-corrected chi connectivity index (χ4v) is 11.3. The molecule has 0 rings (SSSR count). The molecular weight excluding hydrogens is 750 g/mol. The van der Waals surface area contributed by atoms with Crippen molar-refractivity contribution in [3.8, 4) is 0 Å². The van der Waals surface area contributed by atoms with Gasteiger partial charge in [-0.05, 0) is 49.0 Å². The molecule has 0 radical (unpaired) electrons. The zero-order valence-corrected chi connectivity index (χ0v) is 32.9. The Balaban J connectivity index is -0.000000231. The van der Waals surface area contributed by atoms with Crippen LogP contribution in [0, 0.1) is 0 Å². The van der Waals surface area contributed by atoms with E-state index in [1.165, 1.54) is 51.4 Å². The summed E-state index contributed by atoms with van der Waals surface area (Å²) in [5.41, 5.74) is -0.422. The van der Waals surface area contributed by atoms with Crippen LogP contribution in [0.4, 0.5) is 0 Å². The minimum atomic E-state index is -1.50. The molecule has 42 heavy (non-hydrogen) atoms. The van der Waals surface area contributed by atoms with Gasteiger partial charge >= 0.3 is 139 Å². The molecule has 0 aliphatic carbocycles. The standard InChI is InChI=1S/2C8H12O4.4C4H9.2Sn/c2*1-2-3-4-6(8(11)12)5-7(9)10;4*1-3-4-2;;/h2*5H,2-4H2,1H3,(H,9,10)(H,11,12);4*1,3-4H2,2H3;;/q;;;;;;2*+2/p-4/b2*6-5-;;;;;;. The topological polar surface area (TPSA) is 161 Å². The Morgan fingerprint density at radius 1 is 0.452 bits per heavy atom. The van der Waals surface area contributed by atoms with E-state index >= 15 is 0 Å². The summed E-state index contributed by atoms with van der Waals surface area (Å²) >= 11 is 0.299. The van der Waals surface area contributed by atoms with Crippen molar-refractivity contribution in [1.82, 2.24) is 0 Å². The predicted octanol–water partition coefficient (Wildman–Crippen LogP) is 3.46. The van der Waals surface area contributed by atoms with Gasteiger partial charge in [-0.2, -0.15) is 0 Å². The Hall–Kier alpha value is -1.04. The average molecular weight is 806 g/mol. The van der Waals surface area contributed by atoms with Crippen LogP contribution in [-0.2, 0) is 19.2 Å². The SMILES string of the molecule is CCCC/C(=C/C(=O)[O-])C(=O)[O-].CCCC/C(=C/C(=O)[O-])C(=O)[O-].CCC[CH2][Sn+2][CH2]CCC.CCC[CH2][Sn+2][CH2]CCC. The summed E-state index contributed by atoms with van der Waals surface area (Å²) in [4.78, 5) is 40.5. The molecule has 0 aromatic heterocycles. The molecule has 0 amide bonds. The molecule has 0 unspecified atom stereocenters. The number of carboxylic acid groups (broad SMARTS) is 4. The summed E-state index contributed by atoms with van der Waals surface area (Å²) in [6, 6.07) is 0. The van der Waals surface area contributed by atoms with Crippen LogP contribution in [-0.4, -0.2) is 66.2 Å². The first-order valence-electron chi connectivity index (χ1n) is 15.7. The number of rotatable bonds is 22. The monoisotopic (exact) mass is 808 g/mol. The molecule has 10 heteroatoms. The number of hydrogen-bond acceptors (Lipinski definition) is 8. The maximum atomic E-state index is 10.3. The van der Waals surface area contributed by atoms with E-state index in [9.17, 15) is 39.6 Å². The van der Waals surface area contributed by atoms with E-state index in [4.69, 9.17) is 0 Å². The number of hydrogen-bond donors (Lipinski definition) is 0. The first kappa shape index (κ1) is 47.9. The molecule has 0 saturated heterocycles. The first-order valence-corrected chi connectivity index (χ1v) is 23.7. The van der Waals surface area contributed by atoms with Gasteiger partial charge in [0, 0.05) is 0 Å². The normalized spacial score (nSPS) is 10.3. The van der Waals surface area contributed by atoms with Gasteiger partial charge in [-0.25, -0.2) is 0 Å². The average Bonchev–Trinajstić information content (AvgIpc) is 2.93. The van der Waals surface area contributed by atoms with Crippen molar-refractivity contribution in [1.29, 1.82) is 0 Å². The molecule has 8 nitrogen and oxygen atoms in total. The van der Waals surface area contributed by atoms with Gasteiger partial charge < -0.3 is 39.6 Å². The van der Waals surface area contributed by atoms with E-state index < -0.39 is 23.9 Å². The molecule has 0 bridgehead atoms. The van der Waals surface area contributed by atoms with Gasteiger partial charge in [0.1, 0.15) is 0 Å². The van der Waals surface area contributed by atoms with Crippen LogP contribution in [0.1, 0.15) is 131 Å². The Labute approximate surface area is 276 Å². The number of carbonyl (C=O) groups is 4. The van der Waals surface area contributed by atoms with E-state index in [0.717, 1.165) is 12.8 Å². The molecule has 0 aliphatic heterocycles. The van der Waals surface area contributed by atoms with Gasteiger partial charge in [0.15, 0.2) is 0 Å². The van der Waals surface area contributed by atoms with Gasteiger partial charge in [-0.1, -0.05) is 26.7 Å². The third-order valence-electron chi connectivity index (χ3n) is 5.54. The Kier molecular flexibility index (Phi) is 45.5. The number of carboxylic acids is 4. The maximum absolute atomic E-state index is 10.3. The van der Waals surface area contributed by atoms with Crippen LogP contribution in [0.2, 0.25) is 17.7 Å². The van der Waals surface area contributed by atoms with Crippen molar-refractivity contribution in [3.05, 3.63) is 23.3 Å². The zero-order valence-electron chi connectivity index (χ0n) is 27.1. The summed E-state index contributed by atoms with van der Waals surface area (Å²) in [7, 11) is 0. The quantitative estimate of drug-likeness (QED) is 0.0914. The van der Waals surface area contributed by atoms with Crippen molar-refractivity contribution in [2.45, 2.75) is 149 Å². The van der Waals surface area contributed by atoms with E-state index in [1.807, 2.05) is 13.8 Å². The van der Waals surface area contributed by atoms with Gasteiger partial charge in [0.05, 0.1) is 23.9 Å². The Morgan fingerprint density at radius 3 is 0.857 bits per heavy atom. The molecule has 240 valence electrons. The Morgan fingerprint density at radius 2 is 0.690 bits per heavy atom. The molecule has 0 aromatic carbocycles. The van der Waals surface area contributed by atoms with Crippen LogP contribution in [0.5, 0.6) is 0 Å². The van der Waals surface area contributed by atoms with Crippen molar-refractivity contribution >= 4 is 66.2 Å². The van der Waals surface area contributed by atoms with E-state index in [0.29, 0.717) is 25.0 Å². The fraction of sp³-hybridized carbons (Fsp3) is 0.750. The van der Waals surface area contributed by atoms with Crippen molar-refractivity contribution in [2.75, 3.05) is 0 Å². The molecule has 0 aliphatic rings. The van der Waals surface area contributed by atoms with Crippen LogP contribution in [0.3, 0.4) is 0 Å². The van der Waals surface area contributed by atoms with Crippen LogP contribution >= 0.6 is 0 Å². The predicted molar refractivity (Wildman–Crippen MR) is 166 cm³/mol.